The van der Waals surface area contributed by atoms with Gasteiger partial charge in [-0.3, -0.25) is 4.72 Å². The molecular formula is C14H11IN2O3S2. The summed E-state index contributed by atoms with van der Waals surface area (Å²) in [6.45, 7) is 0. The smallest absolute Gasteiger partial charge is 0.264 e. The third-order valence-corrected chi connectivity index (χ3v) is 6.72. The number of thiazole rings is 1. The Labute approximate surface area is 145 Å². The second-order valence-corrected chi connectivity index (χ2v) is 8.21. The third-order valence-electron chi connectivity index (χ3n) is 2.95. The molecule has 0 aliphatic heterocycles. The summed E-state index contributed by atoms with van der Waals surface area (Å²) in [6, 6.07) is 12.3. The topological polar surface area (TPSA) is 68.3 Å². The van der Waals surface area contributed by atoms with E-state index in [0.717, 1.165) is 4.70 Å². The molecule has 1 N–H and O–H groups in total. The molecule has 0 spiro atoms. The van der Waals surface area contributed by atoms with Gasteiger partial charge in [-0.25, -0.2) is 13.4 Å². The second kappa shape index (κ2) is 6.01. The largest absolute Gasteiger partial charge is 0.494 e. The minimum Gasteiger partial charge on any atom is -0.494 e. The van der Waals surface area contributed by atoms with E-state index in [9.17, 15) is 8.42 Å². The zero-order valence-corrected chi connectivity index (χ0v) is 15.2. The van der Waals surface area contributed by atoms with Crippen molar-refractivity contribution in [2.45, 2.75) is 4.90 Å². The zero-order valence-electron chi connectivity index (χ0n) is 11.4. The van der Waals surface area contributed by atoms with E-state index in [2.05, 4.69) is 9.71 Å². The first-order chi connectivity index (χ1) is 10.5. The van der Waals surface area contributed by atoms with Gasteiger partial charge < -0.3 is 4.74 Å². The van der Waals surface area contributed by atoms with E-state index in [1.165, 1.54) is 11.3 Å². The summed E-state index contributed by atoms with van der Waals surface area (Å²) in [7, 11) is -2.10. The van der Waals surface area contributed by atoms with Crippen LogP contribution in [0.3, 0.4) is 0 Å². The van der Waals surface area contributed by atoms with Crippen molar-refractivity contribution in [1.29, 1.82) is 0 Å². The highest BCUT2D eigenvalue weighted by Crippen LogP contribution is 2.33. The van der Waals surface area contributed by atoms with Crippen LogP contribution in [0, 0.1) is 3.57 Å². The SMILES string of the molecule is COc1cccc2sc(NS(=O)(=O)c3ccccc3I)nc12. The Kier molecular flexibility index (Phi) is 4.24. The first-order valence-electron chi connectivity index (χ1n) is 6.22. The van der Waals surface area contributed by atoms with Crippen molar-refractivity contribution in [3.05, 3.63) is 46.0 Å². The molecule has 0 atom stereocenters. The van der Waals surface area contributed by atoms with Crippen LogP contribution >= 0.6 is 33.9 Å². The molecule has 0 saturated heterocycles. The molecule has 0 aliphatic rings. The average molecular weight is 446 g/mol. The molecule has 1 heterocycles. The van der Waals surface area contributed by atoms with Gasteiger partial charge in [0.1, 0.15) is 16.2 Å². The number of hydrogen-bond donors (Lipinski definition) is 1. The summed E-state index contributed by atoms with van der Waals surface area (Å²) in [5.41, 5.74) is 0.649. The maximum atomic E-state index is 12.5. The number of aromatic nitrogens is 1. The monoisotopic (exact) mass is 446 g/mol. The van der Waals surface area contributed by atoms with E-state index in [1.54, 1.807) is 37.4 Å². The fourth-order valence-electron chi connectivity index (χ4n) is 1.96. The molecule has 1 aromatic heterocycles. The molecule has 0 unspecified atom stereocenters. The van der Waals surface area contributed by atoms with Crippen molar-refractivity contribution >= 4 is 59.3 Å². The lowest BCUT2D eigenvalue weighted by Crippen LogP contribution is -2.13. The van der Waals surface area contributed by atoms with E-state index >= 15 is 0 Å². The van der Waals surface area contributed by atoms with E-state index in [4.69, 9.17) is 4.74 Å². The van der Waals surface area contributed by atoms with Crippen LogP contribution in [0.15, 0.2) is 47.4 Å². The molecule has 114 valence electrons. The van der Waals surface area contributed by atoms with E-state index < -0.39 is 10.0 Å². The van der Waals surface area contributed by atoms with Gasteiger partial charge in [0.25, 0.3) is 10.0 Å². The van der Waals surface area contributed by atoms with Crippen molar-refractivity contribution < 1.29 is 13.2 Å². The van der Waals surface area contributed by atoms with Crippen molar-refractivity contribution in [1.82, 2.24) is 4.98 Å². The van der Waals surface area contributed by atoms with Crippen LogP contribution < -0.4 is 9.46 Å². The fraction of sp³-hybridized carbons (Fsp3) is 0.0714. The number of fused-ring (bicyclic) bond motifs is 1. The standard InChI is InChI=1S/C14H11IN2O3S2/c1-20-10-6-4-7-11-13(10)16-14(21-11)17-22(18,19)12-8-3-2-5-9(12)15/h2-8H,1H3,(H,16,17). The van der Waals surface area contributed by atoms with E-state index in [-0.39, 0.29) is 4.90 Å². The maximum Gasteiger partial charge on any atom is 0.264 e. The molecule has 0 bridgehead atoms. The Balaban J connectivity index is 2.01. The van der Waals surface area contributed by atoms with Crippen molar-refractivity contribution in [3.63, 3.8) is 0 Å². The number of sulfonamides is 1. The first kappa shape index (κ1) is 15.5. The maximum absolute atomic E-state index is 12.5. The van der Waals surface area contributed by atoms with Gasteiger partial charge >= 0.3 is 0 Å². The lowest BCUT2D eigenvalue weighted by Gasteiger charge is -2.06. The molecular weight excluding hydrogens is 435 g/mol. The molecule has 3 aromatic rings. The molecule has 0 amide bonds. The molecule has 0 fully saturated rings. The molecule has 22 heavy (non-hydrogen) atoms. The average Bonchev–Trinajstić information content (AvgIpc) is 2.88. The third kappa shape index (κ3) is 2.90. The predicted octanol–water partition coefficient (Wildman–Crippen LogP) is 3.71. The molecule has 5 nitrogen and oxygen atoms in total. The number of para-hydroxylation sites is 1. The molecule has 2 aromatic carbocycles. The van der Waals surface area contributed by atoms with Crippen LogP contribution in [0.2, 0.25) is 0 Å². The van der Waals surface area contributed by atoms with Crippen molar-refractivity contribution in [2.24, 2.45) is 0 Å². The van der Waals surface area contributed by atoms with Gasteiger partial charge in [0, 0.05) is 3.57 Å². The normalized spacial score (nSPS) is 11.5. The number of nitrogens with zero attached hydrogens (tertiary/aromatic N) is 1. The Hall–Kier alpha value is -1.39. The van der Waals surface area contributed by atoms with Gasteiger partial charge in [-0.05, 0) is 46.9 Å². The fourth-order valence-corrected chi connectivity index (χ4v) is 5.42. The van der Waals surface area contributed by atoms with Crippen LogP contribution in [0.1, 0.15) is 0 Å². The number of ether oxygens (including phenoxy) is 1. The summed E-state index contributed by atoms with van der Waals surface area (Å²) in [6.07, 6.45) is 0. The Morgan fingerprint density at radius 2 is 1.95 bits per heavy atom. The van der Waals surface area contributed by atoms with Crippen LogP contribution in [0.4, 0.5) is 5.13 Å². The summed E-state index contributed by atoms with van der Waals surface area (Å²) in [4.78, 5) is 4.56. The van der Waals surface area contributed by atoms with Crippen molar-refractivity contribution in [3.8, 4) is 5.75 Å². The summed E-state index contributed by atoms with van der Waals surface area (Å²) < 4.78 is 34.2. The highest BCUT2D eigenvalue weighted by Gasteiger charge is 2.19. The van der Waals surface area contributed by atoms with Gasteiger partial charge in [0.05, 0.1) is 11.8 Å². The number of halogens is 1. The second-order valence-electron chi connectivity index (χ2n) is 4.36. The molecule has 8 heteroatoms. The Morgan fingerprint density at radius 1 is 1.18 bits per heavy atom. The van der Waals surface area contributed by atoms with Gasteiger partial charge in [-0.1, -0.05) is 29.5 Å². The van der Waals surface area contributed by atoms with Gasteiger partial charge in [-0.15, -0.1) is 0 Å². The Bertz CT molecular complexity index is 938. The van der Waals surface area contributed by atoms with E-state index in [0.29, 0.717) is 20.0 Å². The van der Waals surface area contributed by atoms with E-state index in [1.807, 2.05) is 34.7 Å². The highest BCUT2D eigenvalue weighted by atomic mass is 127. The first-order valence-corrected chi connectivity index (χ1v) is 9.60. The van der Waals surface area contributed by atoms with Crippen LogP contribution in [-0.4, -0.2) is 20.5 Å². The Morgan fingerprint density at radius 3 is 2.68 bits per heavy atom. The van der Waals surface area contributed by atoms with Crippen LogP contribution in [0.25, 0.3) is 10.2 Å². The summed E-state index contributed by atoms with van der Waals surface area (Å²) in [5.74, 6) is 0.619. The minimum absolute atomic E-state index is 0.238. The number of anilines is 1. The number of nitrogens with one attached hydrogen (secondary N) is 1. The molecule has 0 radical (unpaired) electrons. The molecule has 0 aliphatic carbocycles. The highest BCUT2D eigenvalue weighted by molar-refractivity contribution is 14.1. The van der Waals surface area contributed by atoms with Gasteiger partial charge in [0.2, 0.25) is 0 Å². The number of benzene rings is 2. The minimum atomic E-state index is -3.66. The molecule has 0 saturated carbocycles. The lowest BCUT2D eigenvalue weighted by molar-refractivity contribution is 0.419. The summed E-state index contributed by atoms with van der Waals surface area (Å²) in [5, 5.41) is 0.319. The van der Waals surface area contributed by atoms with Gasteiger partial charge in [0.15, 0.2) is 5.13 Å². The zero-order chi connectivity index (χ0) is 15.7. The quantitative estimate of drug-likeness (QED) is 0.621. The number of rotatable bonds is 4. The number of hydrogen-bond acceptors (Lipinski definition) is 5. The number of methoxy groups -OCH3 is 1. The van der Waals surface area contributed by atoms with Crippen LogP contribution in [0.5, 0.6) is 5.75 Å². The molecule has 3 rings (SSSR count). The summed E-state index contributed by atoms with van der Waals surface area (Å²) >= 11 is 3.27. The lowest BCUT2D eigenvalue weighted by atomic mass is 10.3. The van der Waals surface area contributed by atoms with Gasteiger partial charge in [-0.2, -0.15) is 0 Å². The predicted molar refractivity (Wildman–Crippen MR) is 96.1 cm³/mol. The van der Waals surface area contributed by atoms with Crippen LogP contribution in [-0.2, 0) is 10.0 Å². The van der Waals surface area contributed by atoms with Crippen molar-refractivity contribution in [2.75, 3.05) is 11.8 Å².